The zero-order valence-electron chi connectivity index (χ0n) is 15.2. The molecule has 0 N–H and O–H groups in total. The van der Waals surface area contributed by atoms with Crippen LogP contribution < -0.4 is 10.6 Å². The van der Waals surface area contributed by atoms with Gasteiger partial charge < -0.3 is 4.57 Å². The molecule has 1 aliphatic carbocycles. The zero-order valence-corrected chi connectivity index (χ0v) is 16.1. The van der Waals surface area contributed by atoms with Gasteiger partial charge in [-0.3, -0.25) is 0 Å². The number of benzene rings is 2. The summed E-state index contributed by atoms with van der Waals surface area (Å²) < 4.78 is 14.1. The molecule has 2 aromatic rings. The average molecular weight is 350 g/mol. The lowest BCUT2D eigenvalue weighted by Crippen LogP contribution is -2.19. The summed E-state index contributed by atoms with van der Waals surface area (Å²) in [6.45, 7) is 8.85. The second kappa shape index (κ2) is 7.58. The fraction of sp³-hybridized carbons (Fsp3) is 0.304. The average Bonchev–Trinajstić information content (AvgIpc) is 2.64. The molecule has 0 amide bonds. The third kappa shape index (κ3) is 3.88. The molecule has 1 fully saturated rings. The van der Waals surface area contributed by atoms with E-state index in [1.165, 1.54) is 17.6 Å². The molecule has 1 saturated carbocycles. The van der Waals surface area contributed by atoms with E-state index in [-0.39, 0.29) is 0 Å². The van der Waals surface area contributed by atoms with Crippen LogP contribution in [0.4, 0.5) is 0 Å². The summed E-state index contributed by atoms with van der Waals surface area (Å²) in [5.41, 5.74) is 2.53. The highest BCUT2D eigenvalue weighted by Crippen LogP contribution is 2.45. The summed E-state index contributed by atoms with van der Waals surface area (Å²) in [4.78, 5) is 0. The summed E-state index contributed by atoms with van der Waals surface area (Å²) >= 11 is 0. The van der Waals surface area contributed by atoms with Gasteiger partial charge >= 0.3 is 0 Å². The van der Waals surface area contributed by atoms with Gasteiger partial charge in [-0.25, -0.2) is 0 Å². The van der Waals surface area contributed by atoms with Gasteiger partial charge in [0.05, 0.1) is 0 Å². The Kier molecular flexibility index (Phi) is 5.45. The molecular formula is C23H27OP. The van der Waals surface area contributed by atoms with Crippen molar-refractivity contribution >= 4 is 17.8 Å². The first-order valence-electron chi connectivity index (χ1n) is 9.09. The molecule has 3 rings (SSSR count). The van der Waals surface area contributed by atoms with Gasteiger partial charge in [-0.2, -0.15) is 0 Å². The molecule has 2 aromatic carbocycles. The van der Waals surface area contributed by atoms with Crippen molar-refractivity contribution in [2.45, 2.75) is 26.7 Å². The standard InChI is InChI=1S/C23H27OP/c1-18-16-19(2)20(3)21(17-18)14-15-25(24,22-10-6-4-7-11-22)23-12-8-5-9-13-23/h4-14,18-19H,3,15-17H2,1-2H3/b21-14-/t18-,19-/m0/s1. The van der Waals surface area contributed by atoms with Crippen molar-refractivity contribution < 1.29 is 4.57 Å². The van der Waals surface area contributed by atoms with Crippen molar-refractivity contribution in [2.24, 2.45) is 11.8 Å². The van der Waals surface area contributed by atoms with Crippen LogP contribution in [0.5, 0.6) is 0 Å². The summed E-state index contributed by atoms with van der Waals surface area (Å²) in [6.07, 6.45) is 5.02. The van der Waals surface area contributed by atoms with E-state index in [4.69, 9.17) is 0 Å². The second-order valence-corrected chi connectivity index (χ2v) is 10.2. The predicted molar refractivity (Wildman–Crippen MR) is 109 cm³/mol. The van der Waals surface area contributed by atoms with Gasteiger partial charge in [0.2, 0.25) is 0 Å². The van der Waals surface area contributed by atoms with E-state index in [1.54, 1.807) is 0 Å². The zero-order chi connectivity index (χ0) is 17.9. The maximum absolute atomic E-state index is 14.1. The molecule has 0 bridgehead atoms. The Balaban J connectivity index is 1.98. The summed E-state index contributed by atoms with van der Waals surface area (Å²) in [5.74, 6) is 1.18. The van der Waals surface area contributed by atoms with Gasteiger partial charge in [0.1, 0.15) is 7.14 Å². The van der Waals surface area contributed by atoms with Crippen LogP contribution in [0.2, 0.25) is 0 Å². The van der Waals surface area contributed by atoms with Crippen LogP contribution in [0.15, 0.2) is 84.5 Å². The van der Waals surface area contributed by atoms with Gasteiger partial charge in [-0.1, -0.05) is 87.2 Å². The minimum absolute atomic E-state index is 0.517. The predicted octanol–water partition coefficient (Wildman–Crippen LogP) is 5.55. The first kappa shape index (κ1) is 18.0. The molecule has 0 saturated heterocycles. The van der Waals surface area contributed by atoms with Crippen LogP contribution in [0.25, 0.3) is 0 Å². The summed E-state index contributed by atoms with van der Waals surface area (Å²) in [7, 11) is -2.67. The van der Waals surface area contributed by atoms with Gasteiger partial charge in [0, 0.05) is 16.8 Å². The highest BCUT2D eigenvalue weighted by atomic mass is 31.2. The highest BCUT2D eigenvalue weighted by Gasteiger charge is 2.28. The minimum atomic E-state index is -2.67. The van der Waals surface area contributed by atoms with Crippen LogP contribution in [-0.4, -0.2) is 6.16 Å². The molecule has 25 heavy (non-hydrogen) atoms. The third-order valence-corrected chi connectivity index (χ3v) is 8.23. The van der Waals surface area contributed by atoms with E-state index in [1.807, 2.05) is 60.7 Å². The molecule has 130 valence electrons. The number of hydrogen-bond donors (Lipinski definition) is 0. The van der Waals surface area contributed by atoms with Crippen molar-refractivity contribution in [3.8, 4) is 0 Å². The van der Waals surface area contributed by atoms with Gasteiger partial charge in [0.25, 0.3) is 0 Å². The monoisotopic (exact) mass is 350 g/mol. The summed E-state index contributed by atoms with van der Waals surface area (Å²) in [6, 6.07) is 19.8. The van der Waals surface area contributed by atoms with Gasteiger partial charge in [-0.15, -0.1) is 0 Å². The molecule has 0 aromatic heterocycles. The number of hydrogen-bond acceptors (Lipinski definition) is 1. The Labute approximate surface area is 151 Å². The minimum Gasteiger partial charge on any atom is -0.313 e. The van der Waals surface area contributed by atoms with Crippen LogP contribution in [0.1, 0.15) is 26.7 Å². The van der Waals surface area contributed by atoms with Crippen molar-refractivity contribution in [3.63, 3.8) is 0 Å². The molecule has 0 heterocycles. The lowest BCUT2D eigenvalue weighted by Gasteiger charge is -2.29. The van der Waals surface area contributed by atoms with Gasteiger partial charge in [0.15, 0.2) is 0 Å². The maximum atomic E-state index is 14.1. The highest BCUT2D eigenvalue weighted by molar-refractivity contribution is 7.78. The quantitative estimate of drug-likeness (QED) is 0.661. The SMILES string of the molecule is C=C1/C(=C\CP(=O)(c2ccccc2)c2ccccc2)C[C@@H](C)C[C@@H]1C. The number of rotatable bonds is 4. The Morgan fingerprint density at radius 2 is 1.52 bits per heavy atom. The number of allylic oxidation sites excluding steroid dienone is 3. The lowest BCUT2D eigenvalue weighted by molar-refractivity contribution is 0.417. The van der Waals surface area contributed by atoms with Crippen LogP contribution >= 0.6 is 7.14 Å². The molecule has 1 nitrogen and oxygen atoms in total. The molecule has 2 atom stereocenters. The van der Waals surface area contributed by atoms with Crippen molar-refractivity contribution in [1.82, 2.24) is 0 Å². The van der Waals surface area contributed by atoms with E-state index in [0.717, 1.165) is 17.0 Å². The Morgan fingerprint density at radius 3 is 2.04 bits per heavy atom. The topological polar surface area (TPSA) is 17.1 Å². The van der Waals surface area contributed by atoms with E-state index in [9.17, 15) is 4.57 Å². The van der Waals surface area contributed by atoms with E-state index < -0.39 is 7.14 Å². The third-order valence-electron chi connectivity index (χ3n) is 5.27. The lowest BCUT2D eigenvalue weighted by atomic mass is 9.77. The molecule has 0 spiro atoms. The van der Waals surface area contributed by atoms with Crippen molar-refractivity contribution in [1.29, 1.82) is 0 Å². The van der Waals surface area contributed by atoms with Crippen molar-refractivity contribution in [3.05, 3.63) is 84.5 Å². The van der Waals surface area contributed by atoms with Crippen molar-refractivity contribution in [2.75, 3.05) is 6.16 Å². The van der Waals surface area contributed by atoms with Crippen LogP contribution in [-0.2, 0) is 4.57 Å². The Hall–Kier alpha value is -1.85. The second-order valence-electron chi connectivity index (χ2n) is 7.29. The fourth-order valence-corrected chi connectivity index (χ4v) is 6.31. The Morgan fingerprint density at radius 1 is 1.00 bits per heavy atom. The molecule has 0 aliphatic heterocycles. The van der Waals surface area contributed by atoms with Gasteiger partial charge in [-0.05, 0) is 35.8 Å². The first-order chi connectivity index (χ1) is 12.0. The molecular weight excluding hydrogens is 323 g/mol. The normalized spacial score (nSPS) is 23.0. The largest absolute Gasteiger partial charge is 0.313 e. The van der Waals surface area contributed by atoms with E-state index >= 15 is 0 Å². The fourth-order valence-electron chi connectivity index (χ4n) is 3.80. The summed E-state index contributed by atoms with van der Waals surface area (Å²) in [5, 5.41) is 1.86. The van der Waals surface area contributed by atoms with E-state index in [2.05, 4.69) is 26.5 Å². The molecule has 0 radical (unpaired) electrons. The Bertz CT molecular complexity index is 761. The van der Waals surface area contributed by atoms with Crippen LogP contribution in [0.3, 0.4) is 0 Å². The molecule has 0 unspecified atom stereocenters. The molecule has 1 aliphatic rings. The van der Waals surface area contributed by atoms with E-state index in [0.29, 0.717) is 18.0 Å². The maximum Gasteiger partial charge on any atom is 0.146 e. The first-order valence-corrected chi connectivity index (χ1v) is 11.0. The van der Waals surface area contributed by atoms with Crippen LogP contribution in [0, 0.1) is 11.8 Å². The smallest absolute Gasteiger partial charge is 0.146 e. The molecule has 2 heteroatoms.